The molecule has 0 radical (unpaired) electrons. The summed E-state index contributed by atoms with van der Waals surface area (Å²) in [5.74, 6) is 0.821. The molecule has 2 heterocycles. The summed E-state index contributed by atoms with van der Waals surface area (Å²) in [6.45, 7) is 3.05. The molecule has 1 aliphatic heterocycles. The number of ether oxygens (including phenoxy) is 1. The Kier molecular flexibility index (Phi) is 3.68. The Hall–Kier alpha value is -1.52. The minimum Gasteiger partial charge on any atom is -0.485 e. The van der Waals surface area contributed by atoms with Gasteiger partial charge in [0.2, 0.25) is 0 Å². The van der Waals surface area contributed by atoms with Crippen LogP contribution in [-0.2, 0) is 6.54 Å². The van der Waals surface area contributed by atoms with Crippen LogP contribution in [0.25, 0.3) is 0 Å². The minimum absolute atomic E-state index is 0.0377. The van der Waals surface area contributed by atoms with Crippen molar-refractivity contribution in [1.29, 1.82) is 0 Å². The number of aromatic nitrogens is 2. The number of rotatable bonds is 3. The molecule has 2 atom stereocenters. The fourth-order valence-electron chi connectivity index (χ4n) is 2.58. The van der Waals surface area contributed by atoms with Gasteiger partial charge in [0.25, 0.3) is 0 Å². The topological polar surface area (TPSA) is 53.1 Å². The van der Waals surface area contributed by atoms with Crippen molar-refractivity contribution in [2.45, 2.75) is 38.5 Å². The lowest BCUT2D eigenvalue weighted by atomic mass is 9.95. The third-order valence-corrected chi connectivity index (χ3v) is 3.82. The molecule has 4 nitrogen and oxygen atoms in total. The quantitative estimate of drug-likeness (QED) is 0.942. The molecule has 0 fully saturated rings. The molecule has 5 heteroatoms. The highest BCUT2D eigenvalue weighted by Crippen LogP contribution is 2.40. The predicted octanol–water partition coefficient (Wildman–Crippen LogP) is 3.47. The molecule has 0 amide bonds. The fourth-order valence-corrected chi connectivity index (χ4v) is 2.76. The predicted molar refractivity (Wildman–Crippen MR) is 78.9 cm³/mol. The van der Waals surface area contributed by atoms with E-state index in [1.54, 1.807) is 0 Å². The second kappa shape index (κ2) is 5.46. The highest BCUT2D eigenvalue weighted by Gasteiger charge is 2.28. The first kappa shape index (κ1) is 13.5. The van der Waals surface area contributed by atoms with E-state index in [1.807, 2.05) is 35.3 Å². The summed E-state index contributed by atoms with van der Waals surface area (Å²) in [5.41, 5.74) is 8.30. The maximum absolute atomic E-state index is 6.24. The number of hydrogen-bond donors (Lipinski definition) is 1. The van der Waals surface area contributed by atoms with Gasteiger partial charge in [-0.1, -0.05) is 18.5 Å². The smallest absolute Gasteiger partial charge is 0.129 e. The molecule has 20 heavy (non-hydrogen) atoms. The van der Waals surface area contributed by atoms with E-state index in [0.29, 0.717) is 5.02 Å². The number of aryl methyl sites for hydroxylation is 1. The van der Waals surface area contributed by atoms with Crippen molar-refractivity contribution in [2.75, 3.05) is 0 Å². The molecule has 2 unspecified atom stereocenters. The second-order valence-electron chi connectivity index (χ2n) is 5.17. The summed E-state index contributed by atoms with van der Waals surface area (Å²) in [6.07, 6.45) is 5.68. The molecule has 0 bridgehead atoms. The maximum atomic E-state index is 6.24. The van der Waals surface area contributed by atoms with Gasteiger partial charge in [-0.05, 0) is 24.6 Å². The van der Waals surface area contributed by atoms with Crippen molar-refractivity contribution < 1.29 is 4.74 Å². The van der Waals surface area contributed by atoms with Gasteiger partial charge in [-0.2, -0.15) is 5.10 Å². The van der Waals surface area contributed by atoms with Gasteiger partial charge in [-0.25, -0.2) is 0 Å². The van der Waals surface area contributed by atoms with Crippen LogP contribution in [0.1, 0.15) is 43.0 Å². The highest BCUT2D eigenvalue weighted by molar-refractivity contribution is 6.30. The molecule has 1 aromatic carbocycles. The number of nitrogens with zero attached hydrogens (tertiary/aromatic N) is 2. The molecular weight excluding hydrogens is 274 g/mol. The largest absolute Gasteiger partial charge is 0.485 e. The van der Waals surface area contributed by atoms with Gasteiger partial charge >= 0.3 is 0 Å². The SMILES string of the molecule is CCCn1cc(C2CC(N)c3cc(Cl)ccc3O2)cn1. The van der Waals surface area contributed by atoms with Crippen LogP contribution in [-0.4, -0.2) is 9.78 Å². The first-order chi connectivity index (χ1) is 9.67. The van der Waals surface area contributed by atoms with Crippen molar-refractivity contribution in [2.24, 2.45) is 5.73 Å². The third-order valence-electron chi connectivity index (χ3n) is 3.59. The zero-order chi connectivity index (χ0) is 14.1. The van der Waals surface area contributed by atoms with E-state index in [0.717, 1.165) is 36.3 Å². The van der Waals surface area contributed by atoms with Gasteiger partial charge in [-0.15, -0.1) is 0 Å². The van der Waals surface area contributed by atoms with E-state index in [1.165, 1.54) is 0 Å². The van der Waals surface area contributed by atoms with Crippen molar-refractivity contribution in [3.05, 3.63) is 46.7 Å². The number of fused-ring (bicyclic) bond motifs is 1. The molecule has 1 aliphatic rings. The highest BCUT2D eigenvalue weighted by atomic mass is 35.5. The fraction of sp³-hybridized carbons (Fsp3) is 0.400. The molecule has 0 saturated carbocycles. The van der Waals surface area contributed by atoms with Crippen molar-refractivity contribution in [3.8, 4) is 5.75 Å². The Morgan fingerprint density at radius 2 is 2.35 bits per heavy atom. The van der Waals surface area contributed by atoms with E-state index in [-0.39, 0.29) is 12.1 Å². The molecule has 0 spiro atoms. The van der Waals surface area contributed by atoms with Crippen LogP contribution < -0.4 is 10.5 Å². The number of hydrogen-bond acceptors (Lipinski definition) is 3. The van der Waals surface area contributed by atoms with E-state index in [2.05, 4.69) is 12.0 Å². The van der Waals surface area contributed by atoms with Gasteiger partial charge < -0.3 is 10.5 Å². The summed E-state index contributed by atoms with van der Waals surface area (Å²) in [5, 5.41) is 5.04. The zero-order valence-corrected chi connectivity index (χ0v) is 12.2. The van der Waals surface area contributed by atoms with Gasteiger partial charge in [-0.3, -0.25) is 4.68 Å². The van der Waals surface area contributed by atoms with E-state index < -0.39 is 0 Å². The second-order valence-corrected chi connectivity index (χ2v) is 5.60. The Balaban J connectivity index is 1.85. The number of halogens is 1. The lowest BCUT2D eigenvalue weighted by Crippen LogP contribution is -2.23. The Morgan fingerprint density at radius 3 is 3.15 bits per heavy atom. The third kappa shape index (κ3) is 2.53. The van der Waals surface area contributed by atoms with Gasteiger partial charge in [0.15, 0.2) is 0 Å². The van der Waals surface area contributed by atoms with Crippen LogP contribution in [0.3, 0.4) is 0 Å². The molecule has 0 saturated heterocycles. The van der Waals surface area contributed by atoms with Crippen molar-refractivity contribution in [1.82, 2.24) is 9.78 Å². The summed E-state index contributed by atoms with van der Waals surface area (Å²) >= 11 is 6.01. The Bertz CT molecular complexity index is 611. The van der Waals surface area contributed by atoms with Crippen molar-refractivity contribution >= 4 is 11.6 Å². The summed E-state index contributed by atoms with van der Waals surface area (Å²) in [4.78, 5) is 0. The summed E-state index contributed by atoms with van der Waals surface area (Å²) in [7, 11) is 0. The standard InChI is InChI=1S/C15H18ClN3O/c1-2-5-19-9-10(8-18-19)15-7-13(17)12-6-11(16)3-4-14(12)20-15/h3-4,6,8-9,13,15H,2,5,7,17H2,1H3. The molecule has 3 rings (SSSR count). The minimum atomic E-state index is -0.0584. The lowest BCUT2D eigenvalue weighted by Gasteiger charge is -2.29. The molecule has 106 valence electrons. The van der Waals surface area contributed by atoms with Crippen LogP contribution in [0.4, 0.5) is 0 Å². The van der Waals surface area contributed by atoms with Gasteiger partial charge in [0.1, 0.15) is 11.9 Å². The number of nitrogens with two attached hydrogens (primary N) is 1. The average Bonchev–Trinajstić information content (AvgIpc) is 2.88. The van der Waals surface area contributed by atoms with Crippen LogP contribution in [0.5, 0.6) is 5.75 Å². The Morgan fingerprint density at radius 1 is 1.50 bits per heavy atom. The molecule has 2 aromatic rings. The summed E-state index contributed by atoms with van der Waals surface area (Å²) < 4.78 is 7.99. The van der Waals surface area contributed by atoms with Crippen molar-refractivity contribution in [3.63, 3.8) is 0 Å². The van der Waals surface area contributed by atoms with Crippen LogP contribution in [0.15, 0.2) is 30.6 Å². The van der Waals surface area contributed by atoms with E-state index in [4.69, 9.17) is 22.1 Å². The van der Waals surface area contributed by atoms with Crippen LogP contribution in [0.2, 0.25) is 5.02 Å². The summed E-state index contributed by atoms with van der Waals surface area (Å²) in [6, 6.07) is 5.55. The van der Waals surface area contributed by atoms with E-state index >= 15 is 0 Å². The first-order valence-corrected chi connectivity index (χ1v) is 7.29. The monoisotopic (exact) mass is 291 g/mol. The normalized spacial score (nSPS) is 21.4. The first-order valence-electron chi connectivity index (χ1n) is 6.91. The number of benzene rings is 1. The average molecular weight is 292 g/mol. The molecule has 0 aliphatic carbocycles. The maximum Gasteiger partial charge on any atom is 0.129 e. The molecular formula is C15H18ClN3O. The lowest BCUT2D eigenvalue weighted by molar-refractivity contribution is 0.161. The van der Waals surface area contributed by atoms with Gasteiger partial charge in [0, 0.05) is 41.4 Å². The molecule has 1 aromatic heterocycles. The Labute approximate surface area is 123 Å². The zero-order valence-electron chi connectivity index (χ0n) is 11.4. The van der Waals surface area contributed by atoms with Crippen LogP contribution >= 0.6 is 11.6 Å². The van der Waals surface area contributed by atoms with Crippen LogP contribution in [0, 0.1) is 0 Å². The van der Waals surface area contributed by atoms with E-state index in [9.17, 15) is 0 Å². The molecule has 2 N–H and O–H groups in total. The van der Waals surface area contributed by atoms with Gasteiger partial charge in [0.05, 0.1) is 6.20 Å².